The molecule has 184 valence electrons. The van der Waals surface area contributed by atoms with E-state index in [0.29, 0.717) is 43.3 Å². The Kier molecular flexibility index (Phi) is 7.68. The highest BCUT2D eigenvalue weighted by molar-refractivity contribution is 8.00. The number of aromatic nitrogens is 3. The first-order valence-electron chi connectivity index (χ1n) is 11.3. The highest BCUT2D eigenvalue weighted by Crippen LogP contribution is 2.36. The lowest BCUT2D eigenvalue weighted by atomic mass is 9.94. The topological polar surface area (TPSA) is 158 Å². The molecule has 1 fully saturated rings. The largest absolute Gasteiger partial charge is 0.383 e. The number of carbonyl (C=O) groups is 1. The third-order valence-corrected chi connectivity index (χ3v) is 6.59. The van der Waals surface area contributed by atoms with Gasteiger partial charge in [0.2, 0.25) is 11.2 Å². The number of nitrogen functional groups attached to an aromatic ring is 1. The van der Waals surface area contributed by atoms with Gasteiger partial charge >= 0.3 is 5.88 Å². The molecule has 0 saturated carbocycles. The molecule has 1 saturated heterocycles. The van der Waals surface area contributed by atoms with Crippen LogP contribution in [0.25, 0.3) is 11.1 Å². The van der Waals surface area contributed by atoms with E-state index in [1.807, 2.05) is 29.3 Å². The highest BCUT2D eigenvalue weighted by atomic mass is 32.2. The number of morpholine rings is 1. The summed E-state index contributed by atoms with van der Waals surface area (Å²) in [4.78, 5) is 18.4. The van der Waals surface area contributed by atoms with E-state index in [1.165, 1.54) is 4.79 Å². The number of hydrogen-bond acceptors (Lipinski definition) is 10. The molecule has 1 aliphatic rings. The van der Waals surface area contributed by atoms with E-state index in [2.05, 4.69) is 41.6 Å². The maximum atomic E-state index is 12.6. The summed E-state index contributed by atoms with van der Waals surface area (Å²) in [5.41, 5.74) is 8.63. The number of rotatable bonds is 7. The van der Waals surface area contributed by atoms with E-state index < -0.39 is 0 Å². The molecule has 3 heterocycles. The number of thioether (sulfide) groups is 1. The fourth-order valence-corrected chi connectivity index (χ4v) is 4.51. The number of nitrogens with two attached hydrogens (primary N) is 1. The van der Waals surface area contributed by atoms with Crippen LogP contribution in [0.5, 0.6) is 0 Å². The van der Waals surface area contributed by atoms with Crippen molar-refractivity contribution in [3.05, 3.63) is 47.2 Å². The van der Waals surface area contributed by atoms with Gasteiger partial charge in [-0.3, -0.25) is 14.6 Å². The standard InChI is InChI=1S/C24H24N8O3S/c1-15(2)16-3-5-17(6-4-16)22-18(11-25)23(27)29-24(19(22)12-26)36-14-20(33)28-21-13-32(30-35-21)31-7-9-34-10-8-31/h3-6,13,15H,7-10,14H2,1-2H3,(H2-,27,28,29,30,33)/p+1. The number of nitrogens with one attached hydrogen (secondary N) is 1. The predicted octanol–water partition coefficient (Wildman–Crippen LogP) is 2.17. The minimum atomic E-state index is -0.373. The van der Waals surface area contributed by atoms with Gasteiger partial charge in [0.25, 0.3) is 6.20 Å². The first kappa shape index (κ1) is 25.0. The maximum absolute atomic E-state index is 12.6. The fraction of sp³-hybridized carbons (Fsp3) is 0.333. The van der Waals surface area contributed by atoms with Crippen molar-refractivity contribution >= 4 is 29.4 Å². The van der Waals surface area contributed by atoms with Crippen molar-refractivity contribution < 1.29 is 18.8 Å². The lowest BCUT2D eigenvalue weighted by molar-refractivity contribution is -0.759. The Hall–Kier alpha value is -4.13. The molecule has 1 amide bonds. The summed E-state index contributed by atoms with van der Waals surface area (Å²) in [5, 5.41) is 28.4. The van der Waals surface area contributed by atoms with E-state index in [1.54, 1.807) is 6.20 Å². The van der Waals surface area contributed by atoms with Crippen molar-refractivity contribution in [1.29, 1.82) is 10.5 Å². The third kappa shape index (κ3) is 5.40. The molecular formula is C24H25N8O3S+. The second kappa shape index (κ2) is 11.1. The molecule has 0 bridgehead atoms. The number of nitrogens with zero attached hydrogens (tertiary/aromatic N) is 6. The summed E-state index contributed by atoms with van der Waals surface area (Å²) in [7, 11) is 0. The number of benzene rings is 1. The molecule has 2 aromatic heterocycles. The van der Waals surface area contributed by atoms with Crippen molar-refractivity contribution in [2.45, 2.75) is 24.8 Å². The summed E-state index contributed by atoms with van der Waals surface area (Å²) >= 11 is 1.05. The fourth-order valence-electron chi connectivity index (χ4n) is 3.72. The van der Waals surface area contributed by atoms with Gasteiger partial charge in [0.15, 0.2) is 0 Å². The quantitative estimate of drug-likeness (QED) is 0.360. The summed E-state index contributed by atoms with van der Waals surface area (Å²) in [6.07, 6.45) is 1.57. The van der Waals surface area contributed by atoms with E-state index in [4.69, 9.17) is 15.0 Å². The number of nitriles is 2. The number of amides is 1. The van der Waals surface area contributed by atoms with Gasteiger partial charge in [-0.1, -0.05) is 49.9 Å². The van der Waals surface area contributed by atoms with Crippen molar-refractivity contribution in [3.63, 3.8) is 0 Å². The number of pyridine rings is 1. The summed E-state index contributed by atoms with van der Waals surface area (Å²) in [6.45, 7) is 6.66. The van der Waals surface area contributed by atoms with Crippen LogP contribution in [0.15, 0.2) is 40.0 Å². The highest BCUT2D eigenvalue weighted by Gasteiger charge is 2.25. The van der Waals surface area contributed by atoms with Crippen LogP contribution in [-0.2, 0) is 9.53 Å². The minimum Gasteiger partial charge on any atom is -0.383 e. The zero-order valence-electron chi connectivity index (χ0n) is 19.9. The van der Waals surface area contributed by atoms with Crippen molar-refractivity contribution in [3.8, 4) is 23.3 Å². The molecule has 36 heavy (non-hydrogen) atoms. The molecule has 12 heteroatoms. The predicted molar refractivity (Wildman–Crippen MR) is 132 cm³/mol. The summed E-state index contributed by atoms with van der Waals surface area (Å²) in [5.74, 6) is 0.0956. The van der Waals surface area contributed by atoms with Gasteiger partial charge in [0.05, 0.1) is 42.4 Å². The van der Waals surface area contributed by atoms with Gasteiger partial charge < -0.3 is 10.5 Å². The Morgan fingerprint density at radius 2 is 1.92 bits per heavy atom. The average molecular weight is 506 g/mol. The monoisotopic (exact) mass is 505 g/mol. The van der Waals surface area contributed by atoms with Crippen molar-refractivity contribution in [2.75, 3.05) is 48.1 Å². The zero-order valence-corrected chi connectivity index (χ0v) is 20.7. The SMILES string of the molecule is CC(C)c1ccc(-c2c(C#N)c(N)nc(SCC(=O)Nc3c[n+](N4CCOCC4)no3)c2C#N)cc1. The molecule has 11 nitrogen and oxygen atoms in total. The Balaban J connectivity index is 1.52. The van der Waals surface area contributed by atoms with Crippen molar-refractivity contribution in [1.82, 2.24) is 10.3 Å². The minimum absolute atomic E-state index is 0.00383. The number of hydrogen-bond donors (Lipinski definition) is 2. The molecule has 0 radical (unpaired) electrons. The molecule has 1 aromatic carbocycles. The Morgan fingerprint density at radius 1 is 1.22 bits per heavy atom. The zero-order chi connectivity index (χ0) is 25.7. The number of anilines is 2. The van der Waals surface area contributed by atoms with Crippen LogP contribution < -0.4 is 20.9 Å². The average Bonchev–Trinajstić information content (AvgIpc) is 3.36. The molecule has 0 aliphatic carbocycles. The molecular weight excluding hydrogens is 480 g/mol. The Labute approximate surface area is 212 Å². The van der Waals surface area contributed by atoms with Crippen LogP contribution in [0.2, 0.25) is 0 Å². The lowest BCUT2D eigenvalue weighted by Crippen LogP contribution is -2.62. The molecule has 3 N–H and O–H groups in total. The lowest BCUT2D eigenvalue weighted by Gasteiger charge is -2.18. The van der Waals surface area contributed by atoms with E-state index in [9.17, 15) is 15.3 Å². The number of ether oxygens (including phenoxy) is 1. The van der Waals surface area contributed by atoms with Crippen LogP contribution in [-0.4, -0.2) is 48.2 Å². The van der Waals surface area contributed by atoms with Gasteiger partial charge in [-0.25, -0.2) is 4.98 Å². The molecule has 0 atom stereocenters. The van der Waals surface area contributed by atoms with Crippen LogP contribution in [0.1, 0.15) is 36.5 Å². The van der Waals surface area contributed by atoms with Crippen molar-refractivity contribution in [2.24, 2.45) is 0 Å². The van der Waals surface area contributed by atoms with Gasteiger partial charge in [-0.2, -0.15) is 10.5 Å². The summed E-state index contributed by atoms with van der Waals surface area (Å²) in [6, 6.07) is 11.9. The van der Waals surface area contributed by atoms with E-state index in [-0.39, 0.29) is 39.5 Å². The molecule has 3 aromatic rings. The maximum Gasteiger partial charge on any atom is 0.305 e. The molecule has 1 aliphatic heterocycles. The van der Waals surface area contributed by atoms with E-state index >= 15 is 0 Å². The second-order valence-electron chi connectivity index (χ2n) is 8.32. The van der Waals surface area contributed by atoms with Gasteiger partial charge in [0, 0.05) is 5.56 Å². The smallest absolute Gasteiger partial charge is 0.305 e. The van der Waals surface area contributed by atoms with Gasteiger partial charge in [0.1, 0.15) is 28.5 Å². The van der Waals surface area contributed by atoms with Crippen LogP contribution in [0.3, 0.4) is 0 Å². The molecule has 0 unspecified atom stereocenters. The molecule has 4 rings (SSSR count). The Bertz CT molecular complexity index is 1340. The second-order valence-corrected chi connectivity index (χ2v) is 9.28. The van der Waals surface area contributed by atoms with E-state index in [0.717, 1.165) is 17.3 Å². The van der Waals surface area contributed by atoms with Gasteiger partial charge in [-0.15, -0.1) is 5.01 Å². The molecule has 0 spiro atoms. The van der Waals surface area contributed by atoms with Crippen LogP contribution in [0, 0.1) is 22.7 Å². The third-order valence-electron chi connectivity index (χ3n) is 5.62. The van der Waals surface area contributed by atoms with Gasteiger partial charge in [-0.05, 0) is 17.0 Å². The first-order chi connectivity index (χ1) is 17.4. The summed E-state index contributed by atoms with van der Waals surface area (Å²) < 4.78 is 10.5. The Morgan fingerprint density at radius 3 is 2.56 bits per heavy atom. The first-order valence-corrected chi connectivity index (χ1v) is 12.3. The number of carbonyl (C=O) groups excluding carboxylic acids is 1. The normalized spacial score (nSPS) is 13.3. The van der Waals surface area contributed by atoms with Crippen LogP contribution in [0.4, 0.5) is 11.7 Å². The van der Waals surface area contributed by atoms with Crippen LogP contribution >= 0.6 is 11.8 Å².